The SMILES string of the molecule is NC1CCC(/C=C/c2ccccc2)(C(=O)O)CC1. The summed E-state index contributed by atoms with van der Waals surface area (Å²) in [4.78, 5) is 11.5. The van der Waals surface area contributed by atoms with Gasteiger partial charge in [-0.2, -0.15) is 0 Å². The van der Waals surface area contributed by atoms with E-state index in [4.69, 9.17) is 5.73 Å². The Morgan fingerprint density at radius 3 is 2.44 bits per heavy atom. The number of carbonyl (C=O) groups is 1. The number of carboxylic acids is 1. The monoisotopic (exact) mass is 245 g/mol. The van der Waals surface area contributed by atoms with Gasteiger partial charge in [0.2, 0.25) is 0 Å². The van der Waals surface area contributed by atoms with Crippen LogP contribution in [-0.4, -0.2) is 17.1 Å². The van der Waals surface area contributed by atoms with E-state index in [-0.39, 0.29) is 6.04 Å². The van der Waals surface area contributed by atoms with Gasteiger partial charge in [0, 0.05) is 6.04 Å². The molecule has 0 aromatic heterocycles. The first kappa shape index (κ1) is 12.8. The molecular weight excluding hydrogens is 226 g/mol. The Morgan fingerprint density at radius 2 is 1.89 bits per heavy atom. The van der Waals surface area contributed by atoms with Crippen molar-refractivity contribution in [3.63, 3.8) is 0 Å². The molecule has 1 aromatic carbocycles. The molecule has 0 aliphatic heterocycles. The van der Waals surface area contributed by atoms with Gasteiger partial charge in [-0.05, 0) is 31.2 Å². The fourth-order valence-corrected chi connectivity index (χ4v) is 2.43. The highest BCUT2D eigenvalue weighted by Crippen LogP contribution is 2.38. The lowest BCUT2D eigenvalue weighted by Gasteiger charge is -2.33. The average Bonchev–Trinajstić information content (AvgIpc) is 2.39. The highest BCUT2D eigenvalue weighted by atomic mass is 16.4. The van der Waals surface area contributed by atoms with E-state index in [1.165, 1.54) is 0 Å². The minimum Gasteiger partial charge on any atom is -0.481 e. The van der Waals surface area contributed by atoms with Gasteiger partial charge in [0.1, 0.15) is 0 Å². The zero-order valence-electron chi connectivity index (χ0n) is 10.4. The third-order valence-corrected chi connectivity index (χ3v) is 3.74. The summed E-state index contributed by atoms with van der Waals surface area (Å²) >= 11 is 0. The lowest BCUT2D eigenvalue weighted by Crippen LogP contribution is -2.38. The van der Waals surface area contributed by atoms with Gasteiger partial charge in [-0.3, -0.25) is 4.79 Å². The van der Waals surface area contributed by atoms with Crippen LogP contribution < -0.4 is 5.73 Å². The van der Waals surface area contributed by atoms with E-state index >= 15 is 0 Å². The molecule has 3 N–H and O–H groups in total. The fraction of sp³-hybridized carbons (Fsp3) is 0.400. The van der Waals surface area contributed by atoms with E-state index in [2.05, 4.69) is 0 Å². The summed E-state index contributed by atoms with van der Waals surface area (Å²) in [5, 5.41) is 9.46. The van der Waals surface area contributed by atoms with Crippen molar-refractivity contribution in [3.05, 3.63) is 42.0 Å². The van der Waals surface area contributed by atoms with Crippen LogP contribution in [0.5, 0.6) is 0 Å². The average molecular weight is 245 g/mol. The standard InChI is InChI=1S/C15H19NO2/c16-13-7-10-15(11-8-13,14(17)18)9-6-12-4-2-1-3-5-12/h1-6,9,13H,7-8,10-11,16H2,(H,17,18)/b9-6+. The minimum atomic E-state index is -0.735. The van der Waals surface area contributed by atoms with Crippen molar-refractivity contribution in [2.24, 2.45) is 11.1 Å². The Bertz CT molecular complexity index is 431. The van der Waals surface area contributed by atoms with Crippen LogP contribution in [0, 0.1) is 5.41 Å². The number of benzene rings is 1. The Balaban J connectivity index is 2.17. The third kappa shape index (κ3) is 2.79. The van der Waals surface area contributed by atoms with Gasteiger partial charge >= 0.3 is 5.97 Å². The topological polar surface area (TPSA) is 63.3 Å². The molecule has 3 heteroatoms. The van der Waals surface area contributed by atoms with Gasteiger partial charge in [0.25, 0.3) is 0 Å². The lowest BCUT2D eigenvalue weighted by molar-refractivity contribution is -0.147. The summed E-state index contributed by atoms with van der Waals surface area (Å²) in [6.45, 7) is 0. The molecule has 1 fully saturated rings. The molecule has 0 radical (unpaired) electrons. The maximum Gasteiger partial charge on any atom is 0.313 e. The Labute approximate surface area is 107 Å². The predicted octanol–water partition coefficient (Wildman–Crippen LogP) is 2.67. The molecule has 1 saturated carbocycles. The fourth-order valence-electron chi connectivity index (χ4n) is 2.43. The number of nitrogens with two attached hydrogens (primary N) is 1. The molecule has 1 aliphatic carbocycles. The van der Waals surface area contributed by atoms with E-state index in [9.17, 15) is 9.90 Å². The number of aliphatic carboxylic acids is 1. The van der Waals surface area contributed by atoms with Crippen LogP contribution in [0.1, 0.15) is 31.2 Å². The molecule has 18 heavy (non-hydrogen) atoms. The number of rotatable bonds is 3. The molecule has 0 bridgehead atoms. The van der Waals surface area contributed by atoms with Crippen LogP contribution in [-0.2, 0) is 4.79 Å². The van der Waals surface area contributed by atoms with Crippen LogP contribution >= 0.6 is 0 Å². The highest BCUT2D eigenvalue weighted by Gasteiger charge is 2.38. The van der Waals surface area contributed by atoms with Crippen molar-refractivity contribution in [1.29, 1.82) is 0 Å². The molecule has 1 aliphatic rings. The van der Waals surface area contributed by atoms with Crippen LogP contribution in [0.2, 0.25) is 0 Å². The maximum atomic E-state index is 11.5. The lowest BCUT2D eigenvalue weighted by atomic mass is 9.72. The molecule has 0 saturated heterocycles. The molecule has 0 atom stereocenters. The van der Waals surface area contributed by atoms with E-state index in [1.807, 2.05) is 42.5 Å². The molecule has 0 spiro atoms. The first-order valence-corrected chi connectivity index (χ1v) is 6.36. The summed E-state index contributed by atoms with van der Waals surface area (Å²) in [6.07, 6.45) is 6.58. The second kappa shape index (κ2) is 5.36. The number of hydrogen-bond acceptors (Lipinski definition) is 2. The Morgan fingerprint density at radius 1 is 1.28 bits per heavy atom. The molecule has 96 valence electrons. The summed E-state index contributed by atoms with van der Waals surface area (Å²) in [6, 6.07) is 9.95. The highest BCUT2D eigenvalue weighted by molar-refractivity contribution is 5.78. The Hall–Kier alpha value is -1.61. The molecule has 2 rings (SSSR count). The van der Waals surface area contributed by atoms with Crippen molar-refractivity contribution < 1.29 is 9.90 Å². The van der Waals surface area contributed by atoms with Crippen molar-refractivity contribution in [3.8, 4) is 0 Å². The van der Waals surface area contributed by atoms with E-state index < -0.39 is 11.4 Å². The summed E-state index contributed by atoms with van der Waals surface area (Å²) in [5.74, 6) is -0.735. The predicted molar refractivity (Wildman–Crippen MR) is 72.0 cm³/mol. The van der Waals surface area contributed by atoms with Crippen LogP contribution in [0.15, 0.2) is 36.4 Å². The van der Waals surface area contributed by atoms with E-state index in [0.717, 1.165) is 18.4 Å². The Kier molecular flexibility index (Phi) is 3.82. The maximum absolute atomic E-state index is 11.5. The molecule has 0 heterocycles. The normalized spacial score (nSPS) is 28.4. The molecule has 1 aromatic rings. The minimum absolute atomic E-state index is 0.155. The van der Waals surface area contributed by atoms with Gasteiger partial charge < -0.3 is 10.8 Å². The smallest absolute Gasteiger partial charge is 0.313 e. The molecular formula is C15H19NO2. The molecule has 0 amide bonds. The third-order valence-electron chi connectivity index (χ3n) is 3.74. The summed E-state index contributed by atoms with van der Waals surface area (Å²) in [5.41, 5.74) is 6.15. The first-order chi connectivity index (χ1) is 8.62. The summed E-state index contributed by atoms with van der Waals surface area (Å²) < 4.78 is 0. The first-order valence-electron chi connectivity index (χ1n) is 6.36. The molecule has 3 nitrogen and oxygen atoms in total. The zero-order chi connectivity index (χ0) is 13.0. The van der Waals surface area contributed by atoms with Crippen LogP contribution in [0.4, 0.5) is 0 Å². The largest absolute Gasteiger partial charge is 0.481 e. The van der Waals surface area contributed by atoms with Gasteiger partial charge in [-0.25, -0.2) is 0 Å². The van der Waals surface area contributed by atoms with E-state index in [1.54, 1.807) is 0 Å². The second-order valence-electron chi connectivity index (χ2n) is 5.04. The quantitative estimate of drug-likeness (QED) is 0.860. The number of hydrogen-bond donors (Lipinski definition) is 2. The van der Waals surface area contributed by atoms with E-state index in [0.29, 0.717) is 12.8 Å². The zero-order valence-corrected chi connectivity index (χ0v) is 10.4. The van der Waals surface area contributed by atoms with Gasteiger partial charge in [0.15, 0.2) is 0 Å². The number of carboxylic acid groups (broad SMARTS) is 1. The van der Waals surface area contributed by atoms with Crippen molar-refractivity contribution in [1.82, 2.24) is 0 Å². The van der Waals surface area contributed by atoms with Crippen molar-refractivity contribution in [2.75, 3.05) is 0 Å². The van der Waals surface area contributed by atoms with Gasteiger partial charge in [-0.15, -0.1) is 0 Å². The van der Waals surface area contributed by atoms with Gasteiger partial charge in [0.05, 0.1) is 5.41 Å². The van der Waals surface area contributed by atoms with Gasteiger partial charge in [-0.1, -0.05) is 42.5 Å². The second-order valence-corrected chi connectivity index (χ2v) is 5.04. The summed E-state index contributed by atoms with van der Waals surface area (Å²) in [7, 11) is 0. The van der Waals surface area contributed by atoms with Crippen molar-refractivity contribution >= 4 is 12.0 Å². The molecule has 0 unspecified atom stereocenters. The van der Waals surface area contributed by atoms with Crippen LogP contribution in [0.25, 0.3) is 6.08 Å². The van der Waals surface area contributed by atoms with Crippen LogP contribution in [0.3, 0.4) is 0 Å². The van der Waals surface area contributed by atoms with Crippen molar-refractivity contribution in [2.45, 2.75) is 31.7 Å².